The van der Waals surface area contributed by atoms with E-state index in [1.165, 1.54) is 5.56 Å². The molecule has 31 heavy (non-hydrogen) atoms. The van der Waals surface area contributed by atoms with Gasteiger partial charge < -0.3 is 9.64 Å². The summed E-state index contributed by atoms with van der Waals surface area (Å²) in [4.78, 5) is 7.06. The molecular weight excluding hydrogens is 388 g/mol. The molecule has 156 valence electrons. The summed E-state index contributed by atoms with van der Waals surface area (Å²) in [5.41, 5.74) is 5.18. The van der Waals surface area contributed by atoms with Gasteiger partial charge in [-0.05, 0) is 18.1 Å². The van der Waals surface area contributed by atoms with Crippen molar-refractivity contribution in [2.24, 2.45) is 10.2 Å². The van der Waals surface area contributed by atoms with E-state index in [1.807, 2.05) is 41.0 Å². The van der Waals surface area contributed by atoms with Crippen molar-refractivity contribution in [3.05, 3.63) is 78.0 Å². The van der Waals surface area contributed by atoms with Gasteiger partial charge in [-0.1, -0.05) is 60.2 Å². The average molecular weight is 412 g/mol. The molecule has 0 spiro atoms. The summed E-state index contributed by atoms with van der Waals surface area (Å²) >= 11 is 0. The molecule has 2 aromatic carbocycles. The van der Waals surface area contributed by atoms with E-state index < -0.39 is 0 Å². The Kier molecular flexibility index (Phi) is 5.41. The van der Waals surface area contributed by atoms with Gasteiger partial charge in [0.25, 0.3) is 0 Å². The fourth-order valence-corrected chi connectivity index (χ4v) is 3.82. The minimum atomic E-state index is 0.520. The topological polar surface area (TPSA) is 67.4 Å². The Bertz CT molecular complexity index is 1210. The lowest BCUT2D eigenvalue weighted by molar-refractivity contribution is 0.122. The molecule has 7 nitrogen and oxygen atoms in total. The van der Waals surface area contributed by atoms with Gasteiger partial charge in [0.05, 0.1) is 26.0 Å². The van der Waals surface area contributed by atoms with Crippen molar-refractivity contribution in [1.82, 2.24) is 14.6 Å². The standard InChI is InChI=1S/C24H24N6O/c1-18-6-5-7-19(14-18)16-25-28-22-15-23(29-10-12-31-13-11-29)30-24(27-22)21(17-26-30)20-8-3-2-4-9-20/h2-9,14-15,17H,10-13,16H2,1H3. The van der Waals surface area contributed by atoms with Crippen LogP contribution in [0, 0.1) is 6.92 Å². The zero-order chi connectivity index (χ0) is 21.0. The summed E-state index contributed by atoms with van der Waals surface area (Å²) in [6, 6.07) is 20.4. The van der Waals surface area contributed by atoms with Crippen LogP contribution in [0.3, 0.4) is 0 Å². The maximum Gasteiger partial charge on any atom is 0.179 e. The fourth-order valence-electron chi connectivity index (χ4n) is 3.82. The van der Waals surface area contributed by atoms with E-state index in [2.05, 4.69) is 57.5 Å². The summed E-state index contributed by atoms with van der Waals surface area (Å²) in [6.45, 7) is 5.60. The van der Waals surface area contributed by atoms with Crippen LogP contribution in [-0.4, -0.2) is 40.9 Å². The summed E-state index contributed by atoms with van der Waals surface area (Å²) in [5, 5.41) is 13.5. The van der Waals surface area contributed by atoms with Crippen LogP contribution >= 0.6 is 0 Å². The van der Waals surface area contributed by atoms with Crippen LogP contribution in [0.5, 0.6) is 0 Å². The summed E-state index contributed by atoms with van der Waals surface area (Å²) in [7, 11) is 0. The van der Waals surface area contributed by atoms with E-state index in [4.69, 9.17) is 9.72 Å². The first-order chi connectivity index (χ1) is 15.3. The van der Waals surface area contributed by atoms with E-state index in [-0.39, 0.29) is 0 Å². The highest BCUT2D eigenvalue weighted by Crippen LogP contribution is 2.29. The first-order valence-electron chi connectivity index (χ1n) is 10.5. The van der Waals surface area contributed by atoms with Crippen LogP contribution < -0.4 is 4.90 Å². The molecule has 0 saturated carbocycles. The van der Waals surface area contributed by atoms with Gasteiger partial charge in [-0.15, -0.1) is 5.11 Å². The minimum Gasteiger partial charge on any atom is -0.378 e. The molecule has 3 heterocycles. The normalized spacial score (nSPS) is 14.5. The van der Waals surface area contributed by atoms with Crippen molar-refractivity contribution < 1.29 is 4.74 Å². The zero-order valence-corrected chi connectivity index (χ0v) is 17.5. The number of rotatable bonds is 5. The predicted octanol–water partition coefficient (Wildman–Crippen LogP) is 4.83. The smallest absolute Gasteiger partial charge is 0.179 e. The van der Waals surface area contributed by atoms with Gasteiger partial charge in [0, 0.05) is 24.7 Å². The predicted molar refractivity (Wildman–Crippen MR) is 121 cm³/mol. The Morgan fingerprint density at radius 1 is 1.00 bits per heavy atom. The second-order valence-electron chi connectivity index (χ2n) is 7.62. The van der Waals surface area contributed by atoms with E-state index in [9.17, 15) is 0 Å². The third-order valence-corrected chi connectivity index (χ3v) is 5.37. The molecule has 0 N–H and O–H groups in total. The van der Waals surface area contributed by atoms with Gasteiger partial charge in [-0.2, -0.15) is 14.7 Å². The molecule has 0 amide bonds. The third kappa shape index (κ3) is 4.18. The molecule has 0 unspecified atom stereocenters. The van der Waals surface area contributed by atoms with Crippen LogP contribution in [0.4, 0.5) is 11.6 Å². The molecule has 0 radical (unpaired) electrons. The number of aromatic nitrogens is 3. The van der Waals surface area contributed by atoms with E-state index >= 15 is 0 Å². The van der Waals surface area contributed by atoms with Crippen molar-refractivity contribution in [2.45, 2.75) is 13.5 Å². The van der Waals surface area contributed by atoms with Crippen LogP contribution in [0.2, 0.25) is 0 Å². The highest BCUT2D eigenvalue weighted by atomic mass is 16.5. The van der Waals surface area contributed by atoms with Crippen LogP contribution in [0.1, 0.15) is 11.1 Å². The molecule has 4 aromatic rings. The van der Waals surface area contributed by atoms with Crippen LogP contribution in [0.15, 0.2) is 77.1 Å². The van der Waals surface area contributed by atoms with E-state index in [1.54, 1.807) is 0 Å². The lowest BCUT2D eigenvalue weighted by Gasteiger charge is -2.28. The number of nitrogens with zero attached hydrogens (tertiary/aromatic N) is 6. The number of hydrogen-bond donors (Lipinski definition) is 0. The molecule has 1 aliphatic heterocycles. The molecular formula is C24H24N6O. The number of fused-ring (bicyclic) bond motifs is 1. The third-order valence-electron chi connectivity index (χ3n) is 5.37. The Balaban J connectivity index is 1.54. The highest BCUT2D eigenvalue weighted by Gasteiger charge is 2.19. The molecule has 5 rings (SSSR count). The highest BCUT2D eigenvalue weighted by molar-refractivity contribution is 5.79. The number of aryl methyl sites for hydroxylation is 1. The molecule has 1 fully saturated rings. The molecule has 1 aliphatic rings. The summed E-state index contributed by atoms with van der Waals surface area (Å²) < 4.78 is 7.43. The maximum absolute atomic E-state index is 5.53. The summed E-state index contributed by atoms with van der Waals surface area (Å²) in [6.07, 6.45) is 1.87. The van der Waals surface area contributed by atoms with Gasteiger partial charge in [-0.3, -0.25) is 0 Å². The largest absolute Gasteiger partial charge is 0.378 e. The van der Waals surface area contributed by atoms with Crippen molar-refractivity contribution in [2.75, 3.05) is 31.2 Å². The Labute approximate surface area is 181 Å². The average Bonchev–Trinajstić information content (AvgIpc) is 3.24. The molecule has 7 heteroatoms. The zero-order valence-electron chi connectivity index (χ0n) is 17.5. The Morgan fingerprint density at radius 2 is 1.84 bits per heavy atom. The second kappa shape index (κ2) is 8.65. The number of morpholine rings is 1. The minimum absolute atomic E-state index is 0.520. The monoisotopic (exact) mass is 412 g/mol. The molecule has 0 atom stereocenters. The van der Waals surface area contributed by atoms with Crippen molar-refractivity contribution >= 4 is 17.3 Å². The van der Waals surface area contributed by atoms with Gasteiger partial charge in [-0.25, -0.2) is 4.98 Å². The van der Waals surface area contributed by atoms with E-state index in [0.29, 0.717) is 25.6 Å². The number of hydrogen-bond acceptors (Lipinski definition) is 6. The summed E-state index contributed by atoms with van der Waals surface area (Å²) in [5.74, 6) is 1.54. The van der Waals surface area contributed by atoms with Gasteiger partial charge in [0.2, 0.25) is 0 Å². The SMILES string of the molecule is Cc1cccc(CN=Nc2cc(N3CCOCC3)n3ncc(-c4ccccc4)c3n2)c1. The van der Waals surface area contributed by atoms with Crippen LogP contribution in [-0.2, 0) is 11.3 Å². The number of anilines is 1. The van der Waals surface area contributed by atoms with Crippen molar-refractivity contribution in [1.29, 1.82) is 0 Å². The Morgan fingerprint density at radius 3 is 2.65 bits per heavy atom. The number of azo groups is 1. The van der Waals surface area contributed by atoms with Crippen LogP contribution in [0.25, 0.3) is 16.8 Å². The van der Waals surface area contributed by atoms with Gasteiger partial charge in [0.1, 0.15) is 5.82 Å². The molecule has 0 bridgehead atoms. The molecule has 2 aromatic heterocycles. The lowest BCUT2D eigenvalue weighted by atomic mass is 10.1. The number of benzene rings is 2. The first-order valence-corrected chi connectivity index (χ1v) is 10.5. The molecule has 0 aliphatic carbocycles. The quantitative estimate of drug-likeness (QED) is 0.441. The molecule has 1 saturated heterocycles. The van der Waals surface area contributed by atoms with Crippen molar-refractivity contribution in [3.63, 3.8) is 0 Å². The number of ether oxygens (including phenoxy) is 1. The van der Waals surface area contributed by atoms with Gasteiger partial charge in [0.15, 0.2) is 11.5 Å². The van der Waals surface area contributed by atoms with Crippen molar-refractivity contribution in [3.8, 4) is 11.1 Å². The Hall–Kier alpha value is -3.58. The van der Waals surface area contributed by atoms with E-state index in [0.717, 1.165) is 41.2 Å². The maximum atomic E-state index is 5.53. The fraction of sp³-hybridized carbons (Fsp3) is 0.250. The van der Waals surface area contributed by atoms with Gasteiger partial charge >= 0.3 is 0 Å². The second-order valence-corrected chi connectivity index (χ2v) is 7.62. The first kappa shape index (κ1) is 19.4. The lowest BCUT2D eigenvalue weighted by Crippen LogP contribution is -2.37.